The summed E-state index contributed by atoms with van der Waals surface area (Å²) >= 11 is 0. The fraction of sp³-hybridized carbons (Fsp3) is 0.692. The summed E-state index contributed by atoms with van der Waals surface area (Å²) in [5.41, 5.74) is 0.905. The molecule has 2 rings (SSSR count). The summed E-state index contributed by atoms with van der Waals surface area (Å²) in [5, 5.41) is 3.89. The second-order valence-electron chi connectivity index (χ2n) is 5.24. The second-order valence-corrected chi connectivity index (χ2v) is 5.24. The molecule has 1 fully saturated rings. The van der Waals surface area contributed by atoms with Gasteiger partial charge in [-0.15, -0.1) is 0 Å². The Balaban J connectivity index is 1.92. The maximum atomic E-state index is 12.0. The molecule has 2 heterocycles. The molecule has 1 atom stereocenters. The van der Waals surface area contributed by atoms with Crippen LogP contribution >= 0.6 is 0 Å². The van der Waals surface area contributed by atoms with Crippen molar-refractivity contribution in [1.82, 2.24) is 15.0 Å². The fourth-order valence-electron chi connectivity index (χ4n) is 2.48. The molecule has 0 bridgehead atoms. The van der Waals surface area contributed by atoms with Crippen LogP contribution in [0.1, 0.15) is 24.3 Å². The van der Waals surface area contributed by atoms with Gasteiger partial charge in [-0.1, -0.05) is 5.16 Å². The van der Waals surface area contributed by atoms with E-state index in [-0.39, 0.29) is 11.8 Å². The third-order valence-corrected chi connectivity index (χ3v) is 3.35. The molecule has 5 nitrogen and oxygen atoms in total. The zero-order valence-electron chi connectivity index (χ0n) is 11.3. The Labute approximate surface area is 108 Å². The van der Waals surface area contributed by atoms with Crippen LogP contribution in [-0.2, 0) is 11.3 Å². The lowest BCUT2D eigenvalue weighted by atomic mass is 9.96. The number of rotatable bonds is 3. The molecule has 18 heavy (non-hydrogen) atoms. The van der Waals surface area contributed by atoms with Gasteiger partial charge in [0.25, 0.3) is 0 Å². The summed E-state index contributed by atoms with van der Waals surface area (Å²) in [7, 11) is 3.64. The van der Waals surface area contributed by atoms with Gasteiger partial charge in [0.15, 0.2) is 5.76 Å². The standard InChI is InChI=1S/C13H21N3O2/c1-10-7-12(18-14-10)9-16-6-4-5-11(8-16)13(17)15(2)3/h7,11H,4-6,8-9H2,1-3H3. The van der Waals surface area contributed by atoms with Crippen molar-refractivity contribution in [3.05, 3.63) is 17.5 Å². The lowest BCUT2D eigenvalue weighted by Gasteiger charge is -2.32. The molecule has 1 aromatic rings. The van der Waals surface area contributed by atoms with Gasteiger partial charge >= 0.3 is 0 Å². The monoisotopic (exact) mass is 251 g/mol. The molecule has 0 aliphatic carbocycles. The van der Waals surface area contributed by atoms with Crippen LogP contribution in [0, 0.1) is 12.8 Å². The first kappa shape index (κ1) is 13.1. The van der Waals surface area contributed by atoms with Gasteiger partial charge in [0.05, 0.1) is 18.2 Å². The van der Waals surface area contributed by atoms with Crippen molar-refractivity contribution in [2.75, 3.05) is 27.2 Å². The number of piperidine rings is 1. The Bertz CT molecular complexity index is 414. The van der Waals surface area contributed by atoms with Crippen molar-refractivity contribution in [3.8, 4) is 0 Å². The molecule has 1 aliphatic rings. The van der Waals surface area contributed by atoms with Gasteiger partial charge in [-0.25, -0.2) is 0 Å². The highest BCUT2D eigenvalue weighted by Crippen LogP contribution is 2.20. The number of carbonyl (C=O) groups is 1. The predicted molar refractivity (Wildman–Crippen MR) is 67.9 cm³/mol. The van der Waals surface area contributed by atoms with Crippen LogP contribution in [0.25, 0.3) is 0 Å². The number of nitrogens with zero attached hydrogens (tertiary/aromatic N) is 3. The van der Waals surface area contributed by atoms with Gasteiger partial charge in [0.1, 0.15) is 0 Å². The summed E-state index contributed by atoms with van der Waals surface area (Å²) in [6.07, 6.45) is 2.06. The zero-order valence-corrected chi connectivity index (χ0v) is 11.3. The fourth-order valence-corrected chi connectivity index (χ4v) is 2.48. The quantitative estimate of drug-likeness (QED) is 0.812. The maximum Gasteiger partial charge on any atom is 0.226 e. The zero-order chi connectivity index (χ0) is 13.1. The lowest BCUT2D eigenvalue weighted by Crippen LogP contribution is -2.42. The van der Waals surface area contributed by atoms with Crippen molar-refractivity contribution in [2.45, 2.75) is 26.3 Å². The molecule has 5 heteroatoms. The third-order valence-electron chi connectivity index (χ3n) is 3.35. The van der Waals surface area contributed by atoms with Crippen LogP contribution in [0.5, 0.6) is 0 Å². The van der Waals surface area contributed by atoms with Gasteiger partial charge < -0.3 is 9.42 Å². The van der Waals surface area contributed by atoms with Crippen molar-refractivity contribution < 1.29 is 9.32 Å². The molecule has 1 unspecified atom stereocenters. The molecule has 0 spiro atoms. The van der Waals surface area contributed by atoms with E-state index in [1.807, 2.05) is 27.1 Å². The summed E-state index contributed by atoms with van der Waals surface area (Å²) in [4.78, 5) is 15.9. The number of hydrogen-bond acceptors (Lipinski definition) is 4. The van der Waals surface area contributed by atoms with Crippen molar-refractivity contribution in [3.63, 3.8) is 0 Å². The van der Waals surface area contributed by atoms with E-state index in [9.17, 15) is 4.79 Å². The average Bonchev–Trinajstić information content (AvgIpc) is 2.74. The van der Waals surface area contributed by atoms with Gasteiger partial charge in [-0.3, -0.25) is 9.69 Å². The highest BCUT2D eigenvalue weighted by atomic mass is 16.5. The molecule has 0 aromatic carbocycles. The van der Waals surface area contributed by atoms with E-state index in [0.717, 1.165) is 43.9 Å². The molecule has 1 aliphatic heterocycles. The summed E-state index contributed by atoms with van der Waals surface area (Å²) in [6.45, 7) is 4.51. The molecule has 0 radical (unpaired) electrons. The van der Waals surface area contributed by atoms with E-state index in [0.29, 0.717) is 0 Å². The predicted octanol–water partition coefficient (Wildman–Crippen LogP) is 1.28. The largest absolute Gasteiger partial charge is 0.360 e. The van der Waals surface area contributed by atoms with Gasteiger partial charge in [0, 0.05) is 26.7 Å². The highest BCUT2D eigenvalue weighted by Gasteiger charge is 2.27. The smallest absolute Gasteiger partial charge is 0.226 e. The van der Waals surface area contributed by atoms with E-state index in [1.165, 1.54) is 0 Å². The Morgan fingerprint density at radius 3 is 3.00 bits per heavy atom. The van der Waals surface area contributed by atoms with E-state index < -0.39 is 0 Å². The van der Waals surface area contributed by atoms with Crippen LogP contribution in [-0.4, -0.2) is 48.0 Å². The number of likely N-dealkylation sites (tertiary alicyclic amines) is 1. The Hall–Kier alpha value is -1.36. The van der Waals surface area contributed by atoms with Crippen molar-refractivity contribution in [2.24, 2.45) is 5.92 Å². The van der Waals surface area contributed by atoms with Crippen LogP contribution in [0.15, 0.2) is 10.6 Å². The number of aromatic nitrogens is 1. The molecular weight excluding hydrogens is 230 g/mol. The molecule has 100 valence electrons. The number of amides is 1. The van der Waals surface area contributed by atoms with Crippen LogP contribution < -0.4 is 0 Å². The van der Waals surface area contributed by atoms with E-state index in [2.05, 4.69) is 10.1 Å². The summed E-state index contributed by atoms with van der Waals surface area (Å²) in [6, 6.07) is 1.96. The van der Waals surface area contributed by atoms with E-state index >= 15 is 0 Å². The lowest BCUT2D eigenvalue weighted by molar-refractivity contribution is -0.134. The van der Waals surface area contributed by atoms with Crippen LogP contribution in [0.2, 0.25) is 0 Å². The average molecular weight is 251 g/mol. The maximum absolute atomic E-state index is 12.0. The minimum absolute atomic E-state index is 0.123. The topological polar surface area (TPSA) is 49.6 Å². The van der Waals surface area contributed by atoms with Crippen molar-refractivity contribution >= 4 is 5.91 Å². The first-order valence-corrected chi connectivity index (χ1v) is 6.42. The molecule has 1 saturated heterocycles. The SMILES string of the molecule is Cc1cc(CN2CCCC(C(=O)N(C)C)C2)on1. The highest BCUT2D eigenvalue weighted by molar-refractivity contribution is 5.78. The summed E-state index contributed by atoms with van der Waals surface area (Å²) in [5.74, 6) is 1.23. The molecule has 0 saturated carbocycles. The van der Waals surface area contributed by atoms with Crippen LogP contribution in [0.3, 0.4) is 0 Å². The minimum atomic E-state index is 0.123. The number of hydrogen-bond donors (Lipinski definition) is 0. The summed E-state index contributed by atoms with van der Waals surface area (Å²) < 4.78 is 5.22. The first-order chi connectivity index (χ1) is 8.56. The molecule has 1 amide bonds. The van der Waals surface area contributed by atoms with Gasteiger partial charge in [0.2, 0.25) is 5.91 Å². The van der Waals surface area contributed by atoms with E-state index in [4.69, 9.17) is 4.52 Å². The normalized spacial score (nSPS) is 20.9. The first-order valence-electron chi connectivity index (χ1n) is 6.42. The Morgan fingerprint density at radius 2 is 2.39 bits per heavy atom. The molecular formula is C13H21N3O2. The Kier molecular flexibility index (Phi) is 4.01. The third kappa shape index (κ3) is 3.10. The number of aryl methyl sites for hydroxylation is 1. The van der Waals surface area contributed by atoms with E-state index in [1.54, 1.807) is 4.90 Å². The van der Waals surface area contributed by atoms with Crippen LogP contribution in [0.4, 0.5) is 0 Å². The van der Waals surface area contributed by atoms with Gasteiger partial charge in [-0.2, -0.15) is 0 Å². The minimum Gasteiger partial charge on any atom is -0.360 e. The number of carbonyl (C=O) groups excluding carboxylic acids is 1. The second kappa shape index (κ2) is 5.52. The van der Waals surface area contributed by atoms with Gasteiger partial charge in [-0.05, 0) is 26.3 Å². The van der Waals surface area contributed by atoms with Crippen molar-refractivity contribution in [1.29, 1.82) is 0 Å². The molecule has 0 N–H and O–H groups in total. The Morgan fingerprint density at radius 1 is 1.61 bits per heavy atom. The molecule has 1 aromatic heterocycles.